The Labute approximate surface area is 180 Å². The van der Waals surface area contributed by atoms with E-state index in [4.69, 9.17) is 4.74 Å². The number of amides is 1. The van der Waals surface area contributed by atoms with Crippen LogP contribution < -0.4 is 0 Å². The van der Waals surface area contributed by atoms with Crippen LogP contribution in [0.25, 0.3) is 10.8 Å². The number of carbonyl (C=O) groups is 1. The molecule has 1 aromatic heterocycles. The van der Waals surface area contributed by atoms with Crippen LogP contribution in [0.15, 0.2) is 40.0 Å². The number of nitrogens with zero attached hydrogens (tertiary/aromatic N) is 3. The molecular weight excluding hydrogens is 458 g/mol. The Kier molecular flexibility index (Phi) is 6.21. The average Bonchev–Trinajstić information content (AvgIpc) is 2.82. The minimum absolute atomic E-state index is 0.238. The maximum absolute atomic E-state index is 13.6. The quantitative estimate of drug-likeness (QED) is 0.644. The number of carbonyl (C=O) groups excluding carboxylic acids is 1. The highest BCUT2D eigenvalue weighted by atomic mass is 79.9. The van der Waals surface area contributed by atoms with Gasteiger partial charge in [-0.15, -0.1) is 0 Å². The lowest BCUT2D eigenvalue weighted by Crippen LogP contribution is -2.45. The summed E-state index contributed by atoms with van der Waals surface area (Å²) in [4.78, 5) is 18.4. The number of pyridine rings is 1. The van der Waals surface area contributed by atoms with Crippen molar-refractivity contribution in [1.29, 1.82) is 0 Å². The maximum atomic E-state index is 13.6. The van der Waals surface area contributed by atoms with Crippen LogP contribution in [0.4, 0.5) is 4.79 Å². The molecule has 158 valence electrons. The smallest absolute Gasteiger partial charge is 0.410 e. The van der Waals surface area contributed by atoms with Crippen molar-refractivity contribution in [1.82, 2.24) is 14.2 Å². The van der Waals surface area contributed by atoms with E-state index in [-0.39, 0.29) is 17.5 Å². The first kappa shape index (κ1) is 22.0. The number of rotatable bonds is 2. The SMILES string of the molecule is C[C@H]1CN(C(=O)OC(C)(C)C)CCCN1S(=O)(=O)c1cccc2cncc(Br)c12. The van der Waals surface area contributed by atoms with Gasteiger partial charge in [0.05, 0.1) is 4.90 Å². The highest BCUT2D eigenvalue weighted by Gasteiger charge is 2.35. The number of aromatic nitrogens is 1. The number of hydrogen-bond acceptors (Lipinski definition) is 5. The molecule has 0 unspecified atom stereocenters. The van der Waals surface area contributed by atoms with E-state index in [0.29, 0.717) is 29.4 Å². The Morgan fingerprint density at radius 3 is 2.66 bits per heavy atom. The van der Waals surface area contributed by atoms with Crippen molar-refractivity contribution in [3.8, 4) is 0 Å². The molecular formula is C20H26BrN3O4S. The van der Waals surface area contributed by atoms with Gasteiger partial charge in [0.15, 0.2) is 0 Å². The monoisotopic (exact) mass is 483 g/mol. The van der Waals surface area contributed by atoms with Crippen LogP contribution in [0.2, 0.25) is 0 Å². The van der Waals surface area contributed by atoms with E-state index in [1.54, 1.807) is 29.4 Å². The molecule has 9 heteroatoms. The second kappa shape index (κ2) is 8.20. The predicted molar refractivity (Wildman–Crippen MR) is 115 cm³/mol. The zero-order valence-electron chi connectivity index (χ0n) is 17.1. The molecule has 1 saturated heterocycles. The fourth-order valence-electron chi connectivity index (χ4n) is 3.49. The molecule has 1 amide bonds. The Balaban J connectivity index is 1.92. The Bertz CT molecular complexity index is 1010. The third-order valence-electron chi connectivity index (χ3n) is 4.72. The zero-order chi connectivity index (χ0) is 21.4. The van der Waals surface area contributed by atoms with Crippen LogP contribution in [0.1, 0.15) is 34.1 Å². The van der Waals surface area contributed by atoms with Gasteiger partial charge in [-0.25, -0.2) is 13.2 Å². The number of hydrogen-bond donors (Lipinski definition) is 0. The fraction of sp³-hybridized carbons (Fsp3) is 0.500. The number of ether oxygens (including phenoxy) is 1. The van der Waals surface area contributed by atoms with E-state index in [1.165, 1.54) is 4.31 Å². The van der Waals surface area contributed by atoms with E-state index in [9.17, 15) is 13.2 Å². The molecule has 1 aromatic carbocycles. The molecule has 1 aliphatic heterocycles. The molecule has 2 heterocycles. The summed E-state index contributed by atoms with van der Waals surface area (Å²) in [5.41, 5.74) is -0.596. The van der Waals surface area contributed by atoms with Crippen LogP contribution in [0, 0.1) is 0 Å². The Morgan fingerprint density at radius 2 is 1.97 bits per heavy atom. The summed E-state index contributed by atoms with van der Waals surface area (Å²) >= 11 is 3.44. The van der Waals surface area contributed by atoms with Crippen LogP contribution in [0.5, 0.6) is 0 Å². The highest BCUT2D eigenvalue weighted by Crippen LogP contribution is 2.32. The van der Waals surface area contributed by atoms with E-state index < -0.39 is 21.7 Å². The first-order chi connectivity index (χ1) is 13.5. The number of sulfonamides is 1. The first-order valence-electron chi connectivity index (χ1n) is 9.53. The summed E-state index contributed by atoms with van der Waals surface area (Å²) in [7, 11) is -3.77. The van der Waals surface area contributed by atoms with Crippen LogP contribution in [-0.2, 0) is 14.8 Å². The van der Waals surface area contributed by atoms with Gasteiger partial charge in [-0.1, -0.05) is 12.1 Å². The third kappa shape index (κ3) is 4.73. The van der Waals surface area contributed by atoms with Crippen LogP contribution in [0.3, 0.4) is 0 Å². The van der Waals surface area contributed by atoms with Gasteiger partial charge in [-0.3, -0.25) is 4.98 Å². The van der Waals surface area contributed by atoms with Crippen molar-refractivity contribution >= 4 is 42.8 Å². The third-order valence-corrected chi connectivity index (χ3v) is 7.38. The topological polar surface area (TPSA) is 79.8 Å². The molecule has 1 fully saturated rings. The van der Waals surface area contributed by atoms with Crippen molar-refractivity contribution in [2.75, 3.05) is 19.6 Å². The molecule has 1 atom stereocenters. The van der Waals surface area contributed by atoms with Crippen molar-refractivity contribution in [2.24, 2.45) is 0 Å². The van der Waals surface area contributed by atoms with Gasteiger partial charge in [0.2, 0.25) is 10.0 Å². The number of fused-ring (bicyclic) bond motifs is 1. The van der Waals surface area contributed by atoms with Crippen molar-refractivity contribution in [3.63, 3.8) is 0 Å². The standard InChI is InChI=1S/C20H26BrN3O4S/c1-14-13-23(19(25)28-20(2,3)4)9-6-10-24(14)29(26,27)17-8-5-7-15-11-22-12-16(21)18(15)17/h5,7-8,11-12,14H,6,9-10,13H2,1-4H3/t14-/m0/s1. The molecule has 2 aromatic rings. The zero-order valence-corrected chi connectivity index (χ0v) is 19.5. The number of benzene rings is 1. The summed E-state index contributed by atoms with van der Waals surface area (Å²) in [6.07, 6.45) is 3.37. The van der Waals surface area contributed by atoms with Gasteiger partial charge in [0.25, 0.3) is 0 Å². The summed E-state index contributed by atoms with van der Waals surface area (Å²) in [6, 6.07) is 4.79. The van der Waals surface area contributed by atoms with Crippen molar-refractivity contribution < 1.29 is 17.9 Å². The fourth-order valence-corrected chi connectivity index (χ4v) is 6.08. The van der Waals surface area contributed by atoms with E-state index in [2.05, 4.69) is 20.9 Å². The molecule has 0 N–H and O–H groups in total. The molecule has 0 bridgehead atoms. The maximum Gasteiger partial charge on any atom is 0.410 e. The Hall–Kier alpha value is -1.71. The largest absolute Gasteiger partial charge is 0.444 e. The summed E-state index contributed by atoms with van der Waals surface area (Å²) in [6.45, 7) is 8.34. The lowest BCUT2D eigenvalue weighted by molar-refractivity contribution is 0.0244. The van der Waals surface area contributed by atoms with Gasteiger partial charge >= 0.3 is 6.09 Å². The molecule has 0 radical (unpaired) electrons. The van der Waals surface area contributed by atoms with Gasteiger partial charge < -0.3 is 9.64 Å². The van der Waals surface area contributed by atoms with E-state index in [1.807, 2.05) is 33.8 Å². The summed E-state index contributed by atoms with van der Waals surface area (Å²) in [5, 5.41) is 1.36. The lowest BCUT2D eigenvalue weighted by atomic mass is 10.2. The van der Waals surface area contributed by atoms with Gasteiger partial charge in [0.1, 0.15) is 5.60 Å². The first-order valence-corrected chi connectivity index (χ1v) is 11.8. The molecule has 3 rings (SSSR count). The van der Waals surface area contributed by atoms with Crippen LogP contribution >= 0.6 is 15.9 Å². The Morgan fingerprint density at radius 1 is 1.24 bits per heavy atom. The minimum atomic E-state index is -3.77. The second-order valence-electron chi connectivity index (χ2n) is 8.22. The molecule has 29 heavy (non-hydrogen) atoms. The molecule has 7 nitrogen and oxygen atoms in total. The van der Waals surface area contributed by atoms with Gasteiger partial charge in [0, 0.05) is 53.3 Å². The predicted octanol–water partition coefficient (Wildman–Crippen LogP) is 4.02. The molecule has 1 aliphatic rings. The molecule has 0 spiro atoms. The minimum Gasteiger partial charge on any atom is -0.444 e. The van der Waals surface area contributed by atoms with Gasteiger partial charge in [-0.2, -0.15) is 4.31 Å². The average molecular weight is 484 g/mol. The van der Waals surface area contributed by atoms with Crippen molar-refractivity contribution in [3.05, 3.63) is 35.1 Å². The second-order valence-corrected chi connectivity index (χ2v) is 10.9. The highest BCUT2D eigenvalue weighted by molar-refractivity contribution is 9.10. The lowest BCUT2D eigenvalue weighted by Gasteiger charge is -2.30. The normalized spacial score (nSPS) is 19.2. The number of halogens is 1. The molecule has 0 saturated carbocycles. The van der Waals surface area contributed by atoms with Gasteiger partial charge in [-0.05, 0) is 56.1 Å². The van der Waals surface area contributed by atoms with E-state index >= 15 is 0 Å². The van der Waals surface area contributed by atoms with E-state index in [0.717, 1.165) is 5.39 Å². The summed E-state index contributed by atoms with van der Waals surface area (Å²) < 4.78 is 34.7. The van der Waals surface area contributed by atoms with Crippen molar-refractivity contribution in [2.45, 2.75) is 50.7 Å². The molecule has 0 aliphatic carbocycles. The summed E-state index contributed by atoms with van der Waals surface area (Å²) in [5.74, 6) is 0. The van der Waals surface area contributed by atoms with Crippen LogP contribution in [-0.4, -0.2) is 60.0 Å².